The van der Waals surface area contributed by atoms with E-state index in [0.29, 0.717) is 17.2 Å². The Hall–Kier alpha value is -2.05. The van der Waals surface area contributed by atoms with E-state index in [4.69, 9.17) is 5.73 Å². The predicted octanol–water partition coefficient (Wildman–Crippen LogP) is 2.24. The number of benzene rings is 1. The van der Waals surface area contributed by atoms with Gasteiger partial charge in [0.1, 0.15) is 5.69 Å². The molecule has 0 aliphatic rings. The van der Waals surface area contributed by atoms with Gasteiger partial charge in [0.2, 0.25) is 5.91 Å². The molecule has 0 aliphatic heterocycles. The molecule has 21 heavy (non-hydrogen) atoms. The topological polar surface area (TPSA) is 85.1 Å². The van der Waals surface area contributed by atoms with Crippen molar-refractivity contribution in [1.82, 2.24) is 4.98 Å². The van der Waals surface area contributed by atoms with Crippen LogP contribution in [0.1, 0.15) is 29.4 Å². The third kappa shape index (κ3) is 4.47. The van der Waals surface area contributed by atoms with Gasteiger partial charge < -0.3 is 11.1 Å². The van der Waals surface area contributed by atoms with Crippen LogP contribution in [0.4, 0.5) is 5.13 Å². The number of aromatic nitrogens is 1. The zero-order valence-electron chi connectivity index (χ0n) is 11.7. The molecule has 0 bridgehead atoms. The van der Waals surface area contributed by atoms with Crippen molar-refractivity contribution in [3.63, 3.8) is 0 Å². The highest BCUT2D eigenvalue weighted by Crippen LogP contribution is 2.16. The van der Waals surface area contributed by atoms with Crippen LogP contribution in [0.3, 0.4) is 0 Å². The van der Waals surface area contributed by atoms with Crippen molar-refractivity contribution in [2.75, 3.05) is 5.32 Å². The van der Waals surface area contributed by atoms with Gasteiger partial charge in [0, 0.05) is 12.3 Å². The molecule has 2 rings (SSSR count). The van der Waals surface area contributed by atoms with Gasteiger partial charge in [-0.05, 0) is 18.4 Å². The molecule has 1 aromatic carbocycles. The highest BCUT2D eigenvalue weighted by molar-refractivity contribution is 7.14. The number of aryl methyl sites for hydroxylation is 1. The van der Waals surface area contributed by atoms with Gasteiger partial charge in [-0.3, -0.25) is 9.59 Å². The fourth-order valence-corrected chi connectivity index (χ4v) is 2.54. The van der Waals surface area contributed by atoms with Crippen molar-refractivity contribution < 1.29 is 9.59 Å². The molecule has 2 aromatic rings. The number of hydrogen-bond acceptors (Lipinski definition) is 5. The average molecular weight is 303 g/mol. The number of hydrogen-bond donors (Lipinski definition) is 2. The number of nitrogens with one attached hydrogen (secondary N) is 1. The van der Waals surface area contributed by atoms with E-state index in [-0.39, 0.29) is 11.7 Å². The van der Waals surface area contributed by atoms with E-state index in [1.807, 2.05) is 30.3 Å². The molecular formula is C15H17N3O2S. The maximum absolute atomic E-state index is 12.0. The summed E-state index contributed by atoms with van der Waals surface area (Å²) in [5.74, 6) is -0.407. The quantitative estimate of drug-likeness (QED) is 0.801. The Balaban J connectivity index is 1.85. The maximum Gasteiger partial charge on any atom is 0.243 e. The summed E-state index contributed by atoms with van der Waals surface area (Å²) in [7, 11) is 0. The Morgan fingerprint density at radius 2 is 2.05 bits per heavy atom. The predicted molar refractivity (Wildman–Crippen MR) is 83.5 cm³/mol. The molecule has 0 unspecified atom stereocenters. The van der Waals surface area contributed by atoms with Crippen LogP contribution in [-0.2, 0) is 11.2 Å². The summed E-state index contributed by atoms with van der Waals surface area (Å²) in [6.45, 7) is 1.44. The fourth-order valence-electron chi connectivity index (χ4n) is 1.79. The molecule has 6 heteroatoms. The zero-order valence-corrected chi connectivity index (χ0v) is 12.5. The van der Waals surface area contributed by atoms with Gasteiger partial charge in [0.15, 0.2) is 10.9 Å². The van der Waals surface area contributed by atoms with Crippen LogP contribution < -0.4 is 11.1 Å². The van der Waals surface area contributed by atoms with Crippen molar-refractivity contribution >= 4 is 28.2 Å². The van der Waals surface area contributed by atoms with Crippen LogP contribution in [-0.4, -0.2) is 22.7 Å². The number of anilines is 1. The second-order valence-electron chi connectivity index (χ2n) is 4.71. The molecule has 1 atom stereocenters. The SMILES string of the molecule is CC(=O)c1csc(NC(=O)[C@@H](N)CCc2ccccc2)n1. The normalized spacial score (nSPS) is 11.9. The van der Waals surface area contributed by atoms with Crippen LogP contribution in [0.25, 0.3) is 0 Å². The second kappa shape index (κ2) is 7.10. The monoisotopic (exact) mass is 303 g/mol. The lowest BCUT2D eigenvalue weighted by molar-refractivity contribution is -0.117. The standard InChI is InChI=1S/C15H17N3O2S/c1-10(19)13-9-21-15(17-13)18-14(20)12(16)8-7-11-5-3-2-4-6-11/h2-6,9,12H,7-8,16H2,1H3,(H,17,18,20)/t12-/m0/s1. The van der Waals surface area contributed by atoms with Crippen LogP contribution in [0.15, 0.2) is 35.7 Å². The van der Waals surface area contributed by atoms with Crippen LogP contribution >= 0.6 is 11.3 Å². The number of ketones is 1. The third-order valence-electron chi connectivity index (χ3n) is 3.02. The first kappa shape index (κ1) is 15.3. The fraction of sp³-hybridized carbons (Fsp3) is 0.267. The first-order valence-electron chi connectivity index (χ1n) is 6.63. The van der Waals surface area contributed by atoms with Gasteiger partial charge in [0.25, 0.3) is 0 Å². The summed E-state index contributed by atoms with van der Waals surface area (Å²) >= 11 is 1.22. The first-order chi connectivity index (χ1) is 10.1. The number of carbonyl (C=O) groups excluding carboxylic acids is 2. The summed E-state index contributed by atoms with van der Waals surface area (Å²) in [6, 6.07) is 9.27. The number of nitrogens with zero attached hydrogens (tertiary/aromatic N) is 1. The first-order valence-corrected chi connectivity index (χ1v) is 7.51. The molecule has 1 amide bonds. The van der Waals surface area contributed by atoms with Crippen molar-refractivity contribution in [1.29, 1.82) is 0 Å². The van der Waals surface area contributed by atoms with Crippen molar-refractivity contribution in [3.8, 4) is 0 Å². The minimum Gasteiger partial charge on any atom is -0.320 e. The van der Waals surface area contributed by atoms with Gasteiger partial charge in [-0.25, -0.2) is 4.98 Å². The van der Waals surface area contributed by atoms with E-state index < -0.39 is 6.04 Å². The Bertz CT molecular complexity index is 625. The molecular weight excluding hydrogens is 286 g/mol. The number of rotatable bonds is 6. The molecule has 0 radical (unpaired) electrons. The number of Topliss-reactive ketones (excluding diaryl/α,β-unsaturated/α-hetero) is 1. The van der Waals surface area contributed by atoms with E-state index in [0.717, 1.165) is 12.0 Å². The van der Waals surface area contributed by atoms with Gasteiger partial charge in [0.05, 0.1) is 6.04 Å². The number of thiazole rings is 1. The molecule has 110 valence electrons. The smallest absolute Gasteiger partial charge is 0.243 e. The minimum absolute atomic E-state index is 0.125. The van der Waals surface area contributed by atoms with Crippen molar-refractivity contribution in [2.45, 2.75) is 25.8 Å². The number of carbonyl (C=O) groups is 2. The number of nitrogens with two attached hydrogens (primary N) is 1. The molecule has 5 nitrogen and oxygen atoms in total. The van der Waals surface area contributed by atoms with Crippen molar-refractivity contribution in [3.05, 3.63) is 47.0 Å². The highest BCUT2D eigenvalue weighted by atomic mass is 32.1. The van der Waals surface area contributed by atoms with Crippen LogP contribution in [0, 0.1) is 0 Å². The Labute approximate surface area is 127 Å². The molecule has 1 heterocycles. The van der Waals surface area contributed by atoms with E-state index >= 15 is 0 Å². The van der Waals surface area contributed by atoms with Gasteiger partial charge in [-0.1, -0.05) is 30.3 Å². The van der Waals surface area contributed by atoms with Crippen LogP contribution in [0.2, 0.25) is 0 Å². The second-order valence-corrected chi connectivity index (χ2v) is 5.57. The van der Waals surface area contributed by atoms with Gasteiger partial charge in [-0.2, -0.15) is 0 Å². The van der Waals surface area contributed by atoms with E-state index in [9.17, 15) is 9.59 Å². The Morgan fingerprint density at radius 1 is 1.33 bits per heavy atom. The molecule has 0 saturated carbocycles. The minimum atomic E-state index is -0.602. The van der Waals surface area contributed by atoms with Crippen molar-refractivity contribution in [2.24, 2.45) is 5.73 Å². The summed E-state index contributed by atoms with van der Waals surface area (Å²) < 4.78 is 0. The number of amides is 1. The maximum atomic E-state index is 12.0. The van der Waals surface area contributed by atoms with Gasteiger partial charge >= 0.3 is 0 Å². The van der Waals surface area contributed by atoms with Gasteiger partial charge in [-0.15, -0.1) is 11.3 Å². The largest absolute Gasteiger partial charge is 0.320 e. The molecule has 1 aromatic heterocycles. The summed E-state index contributed by atoms with van der Waals surface area (Å²) in [4.78, 5) is 27.1. The lowest BCUT2D eigenvalue weighted by atomic mass is 10.1. The van der Waals surface area contributed by atoms with Crippen LogP contribution in [0.5, 0.6) is 0 Å². The molecule has 0 aliphatic carbocycles. The molecule has 3 N–H and O–H groups in total. The van der Waals surface area contributed by atoms with E-state index in [1.54, 1.807) is 5.38 Å². The molecule has 0 fully saturated rings. The Kier molecular flexibility index (Phi) is 5.19. The zero-order chi connectivity index (χ0) is 15.2. The summed E-state index contributed by atoms with van der Waals surface area (Å²) in [5.41, 5.74) is 7.38. The third-order valence-corrected chi connectivity index (χ3v) is 3.78. The van der Waals surface area contributed by atoms with E-state index in [2.05, 4.69) is 10.3 Å². The lowest BCUT2D eigenvalue weighted by Crippen LogP contribution is -2.36. The summed E-state index contributed by atoms with van der Waals surface area (Å²) in [5, 5.41) is 4.67. The van der Waals surface area contributed by atoms with E-state index in [1.165, 1.54) is 18.3 Å². The average Bonchev–Trinajstić information content (AvgIpc) is 2.94. The molecule has 0 saturated heterocycles. The lowest BCUT2D eigenvalue weighted by Gasteiger charge is -2.10. The highest BCUT2D eigenvalue weighted by Gasteiger charge is 2.15. The molecule has 0 spiro atoms. The Morgan fingerprint density at radius 3 is 2.67 bits per heavy atom. The summed E-state index contributed by atoms with van der Waals surface area (Å²) in [6.07, 6.45) is 1.30.